The number of carbonyl (C=O) groups excluding carboxylic acids is 1. The highest BCUT2D eigenvalue weighted by molar-refractivity contribution is 5.91. The van der Waals surface area contributed by atoms with Gasteiger partial charge in [0.1, 0.15) is 11.6 Å². The minimum Gasteiger partial charge on any atom is -0.482 e. The van der Waals surface area contributed by atoms with Gasteiger partial charge in [0, 0.05) is 6.07 Å². The van der Waals surface area contributed by atoms with E-state index in [0.717, 1.165) is 18.2 Å². The average molecular weight is 338 g/mol. The maximum Gasteiger partial charge on any atom is 0.422 e. The summed E-state index contributed by atoms with van der Waals surface area (Å²) in [5.41, 5.74) is -1.16. The zero-order chi connectivity index (χ0) is 17.7. The van der Waals surface area contributed by atoms with Gasteiger partial charge in [-0.25, -0.2) is 9.18 Å². The van der Waals surface area contributed by atoms with Crippen LogP contribution in [-0.2, 0) is 0 Å². The van der Waals surface area contributed by atoms with Crippen LogP contribution in [0.15, 0.2) is 18.2 Å². The summed E-state index contributed by atoms with van der Waals surface area (Å²) >= 11 is 0. The molecule has 1 aromatic carbocycles. The second-order valence-corrected chi connectivity index (χ2v) is 5.20. The first-order chi connectivity index (χ1) is 10.6. The van der Waals surface area contributed by atoms with Crippen LogP contribution < -0.4 is 15.4 Å². The van der Waals surface area contributed by atoms with Gasteiger partial charge < -0.3 is 20.5 Å². The van der Waals surface area contributed by atoms with Gasteiger partial charge in [-0.1, -0.05) is 6.92 Å². The lowest BCUT2D eigenvalue weighted by molar-refractivity contribution is -0.153. The zero-order valence-corrected chi connectivity index (χ0v) is 12.6. The fourth-order valence-corrected chi connectivity index (χ4v) is 1.55. The molecule has 23 heavy (non-hydrogen) atoms. The first-order valence-corrected chi connectivity index (χ1v) is 6.77. The van der Waals surface area contributed by atoms with Gasteiger partial charge >= 0.3 is 12.2 Å². The molecule has 130 valence electrons. The Kier molecular flexibility index (Phi) is 6.20. The summed E-state index contributed by atoms with van der Waals surface area (Å²) < 4.78 is 54.4. The van der Waals surface area contributed by atoms with Crippen molar-refractivity contribution in [3.63, 3.8) is 0 Å². The van der Waals surface area contributed by atoms with Crippen molar-refractivity contribution in [1.82, 2.24) is 5.32 Å². The summed E-state index contributed by atoms with van der Waals surface area (Å²) in [5, 5.41) is 13.9. The van der Waals surface area contributed by atoms with Crippen LogP contribution in [-0.4, -0.2) is 36.1 Å². The molecule has 2 amide bonds. The highest BCUT2D eigenvalue weighted by Crippen LogP contribution is 2.27. The van der Waals surface area contributed by atoms with E-state index in [1.54, 1.807) is 13.8 Å². The van der Waals surface area contributed by atoms with Gasteiger partial charge in [-0.05, 0) is 25.5 Å². The molecular formula is C14H18F4N2O3. The number of aliphatic hydroxyl groups excluding tert-OH is 1. The molecule has 0 fully saturated rings. The zero-order valence-electron chi connectivity index (χ0n) is 12.6. The van der Waals surface area contributed by atoms with E-state index in [1.807, 2.05) is 0 Å². The van der Waals surface area contributed by atoms with Gasteiger partial charge in [0.25, 0.3) is 0 Å². The summed E-state index contributed by atoms with van der Waals surface area (Å²) in [5.74, 6) is -1.07. The highest BCUT2D eigenvalue weighted by Gasteiger charge is 2.29. The van der Waals surface area contributed by atoms with Crippen LogP contribution in [0.1, 0.15) is 20.3 Å². The molecule has 0 bridgehead atoms. The summed E-state index contributed by atoms with van der Waals surface area (Å²) in [6.07, 6.45) is -4.15. The van der Waals surface area contributed by atoms with Crippen LogP contribution in [0.2, 0.25) is 0 Å². The molecule has 0 unspecified atom stereocenters. The normalized spacial score (nSPS) is 14.0. The van der Waals surface area contributed by atoms with E-state index in [1.165, 1.54) is 0 Å². The number of carbonyl (C=O) groups is 1. The lowest BCUT2D eigenvalue weighted by Crippen LogP contribution is -2.50. The minimum atomic E-state index is -4.56. The summed E-state index contributed by atoms with van der Waals surface area (Å²) in [6, 6.07) is 1.94. The Balaban J connectivity index is 2.86. The highest BCUT2D eigenvalue weighted by atomic mass is 19.4. The van der Waals surface area contributed by atoms with E-state index in [-0.39, 0.29) is 18.0 Å². The number of amides is 2. The number of hydrogen-bond acceptors (Lipinski definition) is 3. The second kappa shape index (κ2) is 7.49. The Bertz CT molecular complexity index is 545. The first-order valence-electron chi connectivity index (χ1n) is 6.77. The lowest BCUT2D eigenvalue weighted by atomic mass is 10.0. The number of alkyl halides is 3. The molecule has 0 aliphatic heterocycles. The van der Waals surface area contributed by atoms with Crippen LogP contribution in [0.5, 0.6) is 5.75 Å². The van der Waals surface area contributed by atoms with Gasteiger partial charge in [0.2, 0.25) is 0 Å². The molecule has 0 saturated carbocycles. The number of nitrogens with one attached hydrogen (secondary N) is 2. The van der Waals surface area contributed by atoms with Crippen molar-refractivity contribution in [2.45, 2.75) is 32.0 Å². The van der Waals surface area contributed by atoms with Crippen LogP contribution >= 0.6 is 0 Å². The molecule has 0 aliphatic rings. The molecule has 0 spiro atoms. The standard InChI is InChI=1S/C14H18F4N2O3/c1-3-13(2,7-21)20-12(22)19-10-6-9(15)4-5-11(10)23-8-14(16,17)18/h4-6,21H,3,7-8H2,1-2H3,(H2,19,20,22)/t13-/m1/s1. The van der Waals surface area contributed by atoms with Gasteiger partial charge in [0.05, 0.1) is 17.8 Å². The minimum absolute atomic E-state index is 0.247. The summed E-state index contributed by atoms with van der Waals surface area (Å²) in [6.45, 7) is 1.41. The maximum absolute atomic E-state index is 13.3. The molecule has 0 saturated heterocycles. The van der Waals surface area contributed by atoms with E-state index in [4.69, 9.17) is 0 Å². The van der Waals surface area contributed by atoms with Gasteiger partial charge in [-0.3, -0.25) is 0 Å². The number of anilines is 1. The van der Waals surface area contributed by atoms with Gasteiger partial charge in [-0.15, -0.1) is 0 Å². The quantitative estimate of drug-likeness (QED) is 0.698. The molecule has 0 aromatic heterocycles. The van der Waals surface area contributed by atoms with Crippen molar-refractivity contribution in [3.05, 3.63) is 24.0 Å². The summed E-state index contributed by atoms with van der Waals surface area (Å²) in [7, 11) is 0. The molecule has 1 aromatic rings. The predicted octanol–water partition coefficient (Wildman–Crippen LogP) is 3.05. The third-order valence-corrected chi connectivity index (χ3v) is 3.13. The monoisotopic (exact) mass is 338 g/mol. The Morgan fingerprint density at radius 3 is 2.52 bits per heavy atom. The molecule has 0 radical (unpaired) electrons. The fraction of sp³-hybridized carbons (Fsp3) is 0.500. The van der Waals surface area contributed by atoms with Crippen molar-refractivity contribution in [2.75, 3.05) is 18.5 Å². The van der Waals surface area contributed by atoms with Crippen molar-refractivity contribution < 1.29 is 32.2 Å². The number of ether oxygens (including phenoxy) is 1. The number of urea groups is 1. The number of rotatable bonds is 6. The van der Waals surface area contributed by atoms with E-state index in [2.05, 4.69) is 15.4 Å². The van der Waals surface area contributed by atoms with Crippen LogP contribution in [0, 0.1) is 5.82 Å². The van der Waals surface area contributed by atoms with E-state index >= 15 is 0 Å². The SMILES string of the molecule is CC[C@](C)(CO)NC(=O)Nc1cc(F)ccc1OCC(F)(F)F. The Morgan fingerprint density at radius 1 is 1.35 bits per heavy atom. The Labute approximate surface area is 130 Å². The number of benzene rings is 1. The van der Waals surface area contributed by atoms with Crippen molar-refractivity contribution in [1.29, 1.82) is 0 Å². The van der Waals surface area contributed by atoms with Crippen LogP contribution in [0.4, 0.5) is 28.0 Å². The molecule has 3 N–H and O–H groups in total. The van der Waals surface area contributed by atoms with Crippen molar-refractivity contribution in [3.8, 4) is 5.75 Å². The number of aliphatic hydroxyl groups is 1. The molecule has 0 heterocycles. The molecule has 5 nitrogen and oxygen atoms in total. The molecule has 1 rings (SSSR count). The first kappa shape index (κ1) is 19.0. The second-order valence-electron chi connectivity index (χ2n) is 5.20. The fourth-order valence-electron chi connectivity index (χ4n) is 1.55. The molecule has 1 atom stereocenters. The maximum atomic E-state index is 13.3. The van der Waals surface area contributed by atoms with E-state index in [0.29, 0.717) is 6.42 Å². The van der Waals surface area contributed by atoms with E-state index in [9.17, 15) is 27.5 Å². The number of hydrogen-bond donors (Lipinski definition) is 3. The molecular weight excluding hydrogens is 320 g/mol. The Hall–Kier alpha value is -2.03. The van der Waals surface area contributed by atoms with Crippen LogP contribution in [0.25, 0.3) is 0 Å². The predicted molar refractivity (Wildman–Crippen MR) is 75.9 cm³/mol. The molecule has 0 aliphatic carbocycles. The van der Waals surface area contributed by atoms with Gasteiger partial charge in [0.15, 0.2) is 6.61 Å². The Morgan fingerprint density at radius 2 is 2.00 bits per heavy atom. The number of halogens is 4. The average Bonchev–Trinajstić information content (AvgIpc) is 2.45. The summed E-state index contributed by atoms with van der Waals surface area (Å²) in [4.78, 5) is 11.9. The molecule has 9 heteroatoms. The third kappa shape index (κ3) is 6.31. The lowest BCUT2D eigenvalue weighted by Gasteiger charge is -2.27. The van der Waals surface area contributed by atoms with Crippen molar-refractivity contribution in [2.24, 2.45) is 0 Å². The van der Waals surface area contributed by atoms with E-state index < -0.39 is 30.2 Å². The van der Waals surface area contributed by atoms with Gasteiger partial charge in [-0.2, -0.15) is 13.2 Å². The van der Waals surface area contributed by atoms with Crippen molar-refractivity contribution >= 4 is 11.7 Å². The largest absolute Gasteiger partial charge is 0.482 e. The smallest absolute Gasteiger partial charge is 0.422 e. The van der Waals surface area contributed by atoms with Crippen LogP contribution in [0.3, 0.4) is 0 Å². The third-order valence-electron chi connectivity index (χ3n) is 3.13. The topological polar surface area (TPSA) is 70.6 Å².